The first-order valence-electron chi connectivity index (χ1n) is 7.64. The Balaban J connectivity index is 0.00000264. The molecule has 1 aliphatic carbocycles. The van der Waals surface area contributed by atoms with Crippen LogP contribution in [0.1, 0.15) is 36.0 Å². The molecule has 2 rings (SSSR count). The Hall–Kier alpha value is -0.880. The second-order valence-electron chi connectivity index (χ2n) is 5.75. The van der Waals surface area contributed by atoms with Gasteiger partial charge >= 0.3 is 0 Å². The molecule has 1 fully saturated rings. The van der Waals surface area contributed by atoms with Crippen molar-refractivity contribution < 1.29 is 9.53 Å². The Morgan fingerprint density at radius 2 is 2.00 bits per heavy atom. The Kier molecular flexibility index (Phi) is 10.5. The van der Waals surface area contributed by atoms with Crippen LogP contribution >= 0.6 is 36.4 Å². The molecule has 1 aromatic carbocycles. The fourth-order valence-electron chi connectivity index (χ4n) is 2.88. The maximum absolute atomic E-state index is 12.3. The molecule has 1 saturated carbocycles. The van der Waals surface area contributed by atoms with E-state index in [1.807, 2.05) is 0 Å². The molecule has 0 unspecified atom stereocenters. The van der Waals surface area contributed by atoms with E-state index in [-0.39, 0.29) is 30.7 Å². The largest absolute Gasteiger partial charge is 0.496 e. The van der Waals surface area contributed by atoms with Crippen LogP contribution in [0.2, 0.25) is 5.02 Å². The summed E-state index contributed by atoms with van der Waals surface area (Å²) in [6.07, 6.45) is 5.13. The molecular formula is C16H26Cl3N3O2. The number of nitrogens with two attached hydrogens (primary N) is 1. The third-order valence-electron chi connectivity index (χ3n) is 4.26. The first-order valence-corrected chi connectivity index (χ1v) is 8.02. The molecule has 1 amide bonds. The Morgan fingerprint density at radius 3 is 2.58 bits per heavy atom. The van der Waals surface area contributed by atoms with E-state index >= 15 is 0 Å². The summed E-state index contributed by atoms with van der Waals surface area (Å²) < 4.78 is 5.20. The normalized spacial score (nSPS) is 14.0. The summed E-state index contributed by atoms with van der Waals surface area (Å²) in [6.45, 7) is 1.43. The average molecular weight is 399 g/mol. The highest BCUT2D eigenvalue weighted by molar-refractivity contribution is 6.33. The molecule has 8 heteroatoms. The zero-order chi connectivity index (χ0) is 16.1. The van der Waals surface area contributed by atoms with E-state index < -0.39 is 0 Å². The van der Waals surface area contributed by atoms with Gasteiger partial charge in [0.25, 0.3) is 5.91 Å². The Morgan fingerprint density at radius 1 is 1.38 bits per heavy atom. The summed E-state index contributed by atoms with van der Waals surface area (Å²) >= 11 is 5.99. The van der Waals surface area contributed by atoms with Gasteiger partial charge in [-0.1, -0.05) is 24.4 Å². The van der Waals surface area contributed by atoms with E-state index in [0.29, 0.717) is 34.6 Å². The maximum atomic E-state index is 12.3. The van der Waals surface area contributed by atoms with E-state index in [9.17, 15) is 4.79 Å². The van der Waals surface area contributed by atoms with Gasteiger partial charge in [-0.15, -0.1) is 24.8 Å². The second-order valence-corrected chi connectivity index (χ2v) is 6.16. The predicted molar refractivity (Wildman–Crippen MR) is 104 cm³/mol. The summed E-state index contributed by atoms with van der Waals surface area (Å²) in [5.41, 5.74) is 6.53. The quantitative estimate of drug-likeness (QED) is 0.721. The summed E-state index contributed by atoms with van der Waals surface area (Å²) in [6, 6.07) is 3.77. The zero-order valence-corrected chi connectivity index (χ0v) is 16.4. The van der Waals surface area contributed by atoms with Gasteiger partial charge in [-0.3, -0.25) is 4.79 Å². The Labute approximate surface area is 161 Å². The number of nitrogen functional groups attached to an aromatic ring is 1. The molecule has 0 radical (unpaired) electrons. The highest BCUT2D eigenvalue weighted by atomic mass is 35.5. The molecule has 5 nitrogen and oxygen atoms in total. The van der Waals surface area contributed by atoms with Gasteiger partial charge in [-0.2, -0.15) is 0 Å². The molecule has 138 valence electrons. The van der Waals surface area contributed by atoms with Gasteiger partial charge in [0.1, 0.15) is 5.75 Å². The Bertz CT molecular complexity index is 538. The number of benzene rings is 1. The number of rotatable bonds is 6. The van der Waals surface area contributed by atoms with Gasteiger partial charge in [0, 0.05) is 25.2 Å². The molecular weight excluding hydrogens is 373 g/mol. The first kappa shape index (κ1) is 23.1. The number of hydrogen-bond acceptors (Lipinski definition) is 4. The van der Waals surface area contributed by atoms with E-state index in [1.54, 1.807) is 12.1 Å². The van der Waals surface area contributed by atoms with Crippen LogP contribution < -0.4 is 15.8 Å². The molecule has 1 aromatic rings. The molecule has 0 atom stereocenters. The summed E-state index contributed by atoms with van der Waals surface area (Å²) in [7, 11) is 3.62. The van der Waals surface area contributed by atoms with Gasteiger partial charge in [0.2, 0.25) is 0 Å². The lowest BCUT2D eigenvalue weighted by molar-refractivity contribution is 0.0944. The number of hydrogen-bond donors (Lipinski definition) is 2. The van der Waals surface area contributed by atoms with Gasteiger partial charge in [0.15, 0.2) is 0 Å². The van der Waals surface area contributed by atoms with E-state index in [1.165, 1.54) is 32.8 Å². The van der Waals surface area contributed by atoms with Crippen molar-refractivity contribution in [1.82, 2.24) is 10.2 Å². The topological polar surface area (TPSA) is 67.6 Å². The van der Waals surface area contributed by atoms with Crippen LogP contribution in [0.25, 0.3) is 0 Å². The van der Waals surface area contributed by atoms with Crippen LogP contribution in [0.3, 0.4) is 0 Å². The fraction of sp³-hybridized carbons (Fsp3) is 0.562. The number of carbonyl (C=O) groups is 1. The zero-order valence-electron chi connectivity index (χ0n) is 14.0. The molecule has 0 aliphatic heterocycles. The molecule has 1 aliphatic rings. The van der Waals surface area contributed by atoms with E-state index in [0.717, 1.165) is 6.54 Å². The van der Waals surface area contributed by atoms with Crippen LogP contribution in [-0.4, -0.2) is 44.1 Å². The summed E-state index contributed by atoms with van der Waals surface area (Å²) in [5, 5.41) is 3.27. The molecule has 0 aromatic heterocycles. The molecule has 0 bridgehead atoms. The van der Waals surface area contributed by atoms with Gasteiger partial charge in [-0.05, 0) is 26.0 Å². The number of amides is 1. The third-order valence-corrected chi connectivity index (χ3v) is 4.59. The van der Waals surface area contributed by atoms with Crippen molar-refractivity contribution in [3.8, 4) is 5.75 Å². The first-order chi connectivity index (χ1) is 10.5. The van der Waals surface area contributed by atoms with Crippen LogP contribution in [0.5, 0.6) is 5.75 Å². The van der Waals surface area contributed by atoms with Crippen molar-refractivity contribution in [3.63, 3.8) is 0 Å². The molecule has 24 heavy (non-hydrogen) atoms. The van der Waals surface area contributed by atoms with Gasteiger partial charge < -0.3 is 20.7 Å². The lowest BCUT2D eigenvalue weighted by atomic mass is 10.1. The molecule has 0 heterocycles. The number of halogens is 3. The highest BCUT2D eigenvalue weighted by Crippen LogP contribution is 2.28. The number of ether oxygens (including phenoxy) is 1. The number of anilines is 1. The van der Waals surface area contributed by atoms with Crippen LogP contribution in [0.4, 0.5) is 5.69 Å². The monoisotopic (exact) mass is 397 g/mol. The van der Waals surface area contributed by atoms with E-state index in [4.69, 9.17) is 22.1 Å². The van der Waals surface area contributed by atoms with Crippen molar-refractivity contribution in [3.05, 3.63) is 22.7 Å². The number of methoxy groups -OCH3 is 1. The van der Waals surface area contributed by atoms with Crippen molar-refractivity contribution in [1.29, 1.82) is 0 Å². The summed E-state index contributed by atoms with van der Waals surface area (Å²) in [4.78, 5) is 14.6. The smallest absolute Gasteiger partial charge is 0.255 e. The summed E-state index contributed by atoms with van der Waals surface area (Å²) in [5.74, 6) is 0.238. The van der Waals surface area contributed by atoms with E-state index in [2.05, 4.69) is 17.3 Å². The van der Waals surface area contributed by atoms with Crippen molar-refractivity contribution in [2.75, 3.05) is 33.0 Å². The number of nitrogens with one attached hydrogen (secondary N) is 1. The van der Waals surface area contributed by atoms with Crippen molar-refractivity contribution >= 4 is 48.0 Å². The van der Waals surface area contributed by atoms with Gasteiger partial charge in [-0.25, -0.2) is 0 Å². The van der Waals surface area contributed by atoms with Crippen LogP contribution in [0, 0.1) is 0 Å². The number of carbonyl (C=O) groups excluding carboxylic acids is 1. The van der Waals surface area contributed by atoms with Gasteiger partial charge in [0.05, 0.1) is 23.4 Å². The van der Waals surface area contributed by atoms with Crippen molar-refractivity contribution in [2.24, 2.45) is 0 Å². The lowest BCUT2D eigenvalue weighted by Crippen LogP contribution is -2.37. The van der Waals surface area contributed by atoms with Crippen molar-refractivity contribution in [2.45, 2.75) is 31.7 Å². The maximum Gasteiger partial charge on any atom is 0.255 e. The van der Waals surface area contributed by atoms with Crippen LogP contribution in [-0.2, 0) is 0 Å². The number of nitrogens with zero attached hydrogens (tertiary/aromatic N) is 1. The average Bonchev–Trinajstić information content (AvgIpc) is 3.03. The minimum absolute atomic E-state index is 0. The minimum Gasteiger partial charge on any atom is -0.496 e. The third kappa shape index (κ3) is 5.88. The standard InChI is InChI=1S/C16H24ClN3O2.2ClH/c1-20(11-5-3-4-6-11)8-7-19-16(21)12-9-13(17)14(18)10-15(12)22-2;;/h9-11H,3-8,18H2,1-2H3,(H,19,21);2*1H. The SMILES string of the molecule is COc1cc(N)c(Cl)cc1C(=O)NCCN(C)C1CCCC1.Cl.Cl. The van der Waals surface area contributed by atoms with Crippen LogP contribution in [0.15, 0.2) is 12.1 Å². The predicted octanol–water partition coefficient (Wildman–Crippen LogP) is 3.38. The minimum atomic E-state index is -0.196. The molecule has 0 saturated heterocycles. The molecule has 3 N–H and O–H groups in total. The second kappa shape index (κ2) is 10.9. The highest BCUT2D eigenvalue weighted by Gasteiger charge is 2.19. The molecule has 0 spiro atoms. The number of likely N-dealkylation sites (N-methyl/N-ethyl adjacent to an activating group) is 1. The fourth-order valence-corrected chi connectivity index (χ4v) is 3.05. The lowest BCUT2D eigenvalue weighted by Gasteiger charge is -2.24.